The molecule has 0 bridgehead atoms. The summed E-state index contributed by atoms with van der Waals surface area (Å²) >= 11 is 9.92. The average Bonchev–Trinajstić information content (AvgIpc) is 1.98. The summed E-state index contributed by atoms with van der Waals surface area (Å²) in [7, 11) is 0. The third-order valence-electron chi connectivity index (χ3n) is 1.46. The van der Waals surface area contributed by atoms with E-state index in [2.05, 4.69) is 17.9 Å². The van der Waals surface area contributed by atoms with E-state index in [9.17, 15) is 0 Å². The van der Waals surface area contributed by atoms with Gasteiger partial charge in [-0.15, -0.1) is 0 Å². The van der Waals surface area contributed by atoms with Crippen molar-refractivity contribution in [2.45, 2.75) is 6.92 Å². The van der Waals surface area contributed by atoms with Crippen molar-refractivity contribution in [2.24, 2.45) is 0 Å². The van der Waals surface area contributed by atoms with Crippen molar-refractivity contribution in [2.75, 3.05) is 11.2 Å². The van der Waals surface area contributed by atoms with Gasteiger partial charge in [0.1, 0.15) is 0 Å². The second kappa shape index (κ2) is 3.88. The Morgan fingerprint density at radius 1 is 1.55 bits per heavy atom. The molecule has 1 rings (SSSR count). The van der Waals surface area contributed by atoms with Gasteiger partial charge in [0.05, 0.1) is 5.88 Å². The molecule has 1 aromatic rings. The van der Waals surface area contributed by atoms with Gasteiger partial charge < -0.3 is 5.32 Å². The van der Waals surface area contributed by atoms with Gasteiger partial charge in [-0.25, -0.2) is 0 Å². The van der Waals surface area contributed by atoms with E-state index < -0.39 is 0 Å². The second-order valence-electron chi connectivity index (χ2n) is 2.30. The lowest BCUT2D eigenvalue weighted by Crippen LogP contribution is -1.93. The first-order chi connectivity index (χ1) is 5.24. The van der Waals surface area contributed by atoms with Crippen molar-refractivity contribution < 1.29 is 0 Å². The van der Waals surface area contributed by atoms with Crippen LogP contribution in [0.4, 0.5) is 5.69 Å². The van der Waals surface area contributed by atoms with Crippen molar-refractivity contribution in [3.63, 3.8) is 0 Å². The topological polar surface area (TPSA) is 12.0 Å². The number of halogens is 1. The van der Waals surface area contributed by atoms with E-state index in [1.54, 1.807) is 0 Å². The molecule has 0 heterocycles. The molecule has 0 saturated heterocycles. The molecule has 11 heavy (non-hydrogen) atoms. The minimum absolute atomic E-state index is 0.624. The third kappa shape index (κ3) is 2.31. The number of benzene rings is 1. The summed E-state index contributed by atoms with van der Waals surface area (Å²) in [5.74, 6) is 0.624. The number of thiol groups is 1. The lowest BCUT2D eigenvalue weighted by molar-refractivity contribution is 1.42. The molecule has 3 heteroatoms. The molecule has 0 fully saturated rings. The maximum atomic E-state index is 5.88. The van der Waals surface area contributed by atoms with Crippen molar-refractivity contribution in [1.29, 1.82) is 0 Å². The molecule has 1 aromatic carbocycles. The predicted octanol–water partition coefficient (Wildman–Crippen LogP) is 2.95. The molecule has 0 radical (unpaired) electrons. The average molecular weight is 188 g/mol. The van der Waals surface area contributed by atoms with E-state index in [-0.39, 0.29) is 0 Å². The molecule has 0 atom stereocenters. The van der Waals surface area contributed by atoms with E-state index >= 15 is 0 Å². The van der Waals surface area contributed by atoms with E-state index in [1.165, 1.54) is 0 Å². The van der Waals surface area contributed by atoms with Crippen molar-refractivity contribution in [1.82, 2.24) is 0 Å². The Labute approximate surface area is 77.2 Å². The summed E-state index contributed by atoms with van der Waals surface area (Å²) in [6.07, 6.45) is 0. The fraction of sp³-hybridized carbons (Fsp3) is 0.250. The van der Waals surface area contributed by atoms with Crippen molar-refractivity contribution in [3.8, 4) is 0 Å². The Balaban J connectivity index is 2.86. The molecule has 0 spiro atoms. The van der Waals surface area contributed by atoms with Crippen LogP contribution in [-0.4, -0.2) is 5.88 Å². The van der Waals surface area contributed by atoms with Gasteiger partial charge in [0.25, 0.3) is 0 Å². The number of aryl methyl sites for hydroxylation is 1. The van der Waals surface area contributed by atoms with E-state index in [1.807, 2.05) is 25.1 Å². The Hall–Kier alpha value is -0.340. The van der Waals surface area contributed by atoms with Gasteiger partial charge >= 0.3 is 0 Å². The highest BCUT2D eigenvalue weighted by molar-refractivity contribution is 7.80. The molecule has 0 aromatic heterocycles. The standard InChI is InChI=1S/C8H10ClNS/c1-6-2-3-7(10-5-11)4-8(6)9/h2-4,10-11H,5H2,1H3. The summed E-state index contributed by atoms with van der Waals surface area (Å²) in [4.78, 5) is 0. The highest BCUT2D eigenvalue weighted by Gasteiger charge is 1.95. The highest BCUT2D eigenvalue weighted by Crippen LogP contribution is 2.19. The fourth-order valence-corrected chi connectivity index (χ4v) is 1.16. The van der Waals surface area contributed by atoms with Gasteiger partial charge in [0.15, 0.2) is 0 Å². The number of rotatable bonds is 2. The Kier molecular flexibility index (Phi) is 3.09. The van der Waals surface area contributed by atoms with Gasteiger partial charge in [-0.3, -0.25) is 0 Å². The number of anilines is 1. The van der Waals surface area contributed by atoms with Crippen LogP contribution in [0.3, 0.4) is 0 Å². The van der Waals surface area contributed by atoms with Crippen LogP contribution in [0, 0.1) is 6.92 Å². The molecule has 0 aliphatic heterocycles. The van der Waals surface area contributed by atoms with Crippen molar-refractivity contribution in [3.05, 3.63) is 28.8 Å². The summed E-state index contributed by atoms with van der Waals surface area (Å²) < 4.78 is 0. The van der Waals surface area contributed by atoms with Gasteiger partial charge in [0, 0.05) is 10.7 Å². The Morgan fingerprint density at radius 2 is 2.27 bits per heavy atom. The first-order valence-electron chi connectivity index (χ1n) is 3.35. The smallest absolute Gasteiger partial charge is 0.0581 e. The molecule has 0 unspecified atom stereocenters. The maximum absolute atomic E-state index is 5.88. The molecule has 1 nitrogen and oxygen atoms in total. The predicted molar refractivity (Wildman–Crippen MR) is 53.7 cm³/mol. The van der Waals surface area contributed by atoms with Gasteiger partial charge in [-0.2, -0.15) is 12.6 Å². The van der Waals surface area contributed by atoms with Crippen LogP contribution in [0.15, 0.2) is 18.2 Å². The number of hydrogen-bond donors (Lipinski definition) is 2. The van der Waals surface area contributed by atoms with Crippen molar-refractivity contribution >= 4 is 29.9 Å². The van der Waals surface area contributed by atoms with Crippen LogP contribution in [-0.2, 0) is 0 Å². The molecule has 0 saturated carbocycles. The lowest BCUT2D eigenvalue weighted by atomic mass is 10.2. The quantitative estimate of drug-likeness (QED) is 0.536. The zero-order valence-corrected chi connectivity index (χ0v) is 7.91. The van der Waals surface area contributed by atoms with Crippen LogP contribution in [0.1, 0.15) is 5.56 Å². The lowest BCUT2D eigenvalue weighted by Gasteiger charge is -2.03. The molecular formula is C8H10ClNS. The second-order valence-corrected chi connectivity index (χ2v) is 3.02. The summed E-state index contributed by atoms with van der Waals surface area (Å²) in [5, 5.41) is 3.84. The minimum Gasteiger partial charge on any atom is -0.376 e. The van der Waals surface area contributed by atoms with Gasteiger partial charge in [0.2, 0.25) is 0 Å². The minimum atomic E-state index is 0.624. The molecular weight excluding hydrogens is 178 g/mol. The largest absolute Gasteiger partial charge is 0.376 e. The SMILES string of the molecule is Cc1ccc(NCS)cc1Cl. The monoisotopic (exact) mass is 187 g/mol. The molecule has 0 aliphatic rings. The van der Waals surface area contributed by atoms with E-state index in [0.29, 0.717) is 5.88 Å². The normalized spacial score (nSPS) is 9.73. The van der Waals surface area contributed by atoms with Crippen LogP contribution in [0.2, 0.25) is 5.02 Å². The van der Waals surface area contributed by atoms with Gasteiger partial charge in [-0.1, -0.05) is 17.7 Å². The number of nitrogens with one attached hydrogen (secondary N) is 1. The zero-order chi connectivity index (χ0) is 8.27. The van der Waals surface area contributed by atoms with Gasteiger partial charge in [-0.05, 0) is 24.6 Å². The molecule has 1 N–H and O–H groups in total. The fourth-order valence-electron chi connectivity index (χ4n) is 0.794. The van der Waals surface area contributed by atoms with E-state index in [0.717, 1.165) is 16.3 Å². The van der Waals surface area contributed by atoms with Crippen LogP contribution in [0.5, 0.6) is 0 Å². The zero-order valence-electron chi connectivity index (χ0n) is 6.26. The van der Waals surface area contributed by atoms with Crippen LogP contribution in [0.25, 0.3) is 0 Å². The highest BCUT2D eigenvalue weighted by atomic mass is 35.5. The molecule has 0 aliphatic carbocycles. The maximum Gasteiger partial charge on any atom is 0.0581 e. The Morgan fingerprint density at radius 3 is 2.82 bits per heavy atom. The summed E-state index contributed by atoms with van der Waals surface area (Å²) in [6.45, 7) is 1.98. The summed E-state index contributed by atoms with van der Waals surface area (Å²) in [6, 6.07) is 5.86. The molecule has 60 valence electrons. The number of hydrogen-bond acceptors (Lipinski definition) is 2. The summed E-state index contributed by atoms with van der Waals surface area (Å²) in [5.41, 5.74) is 2.10. The Bertz CT molecular complexity index is 250. The molecule has 0 amide bonds. The first kappa shape index (κ1) is 8.75. The van der Waals surface area contributed by atoms with Crippen LogP contribution < -0.4 is 5.32 Å². The van der Waals surface area contributed by atoms with E-state index in [4.69, 9.17) is 11.6 Å². The first-order valence-corrected chi connectivity index (χ1v) is 4.36. The van der Waals surface area contributed by atoms with Crippen LogP contribution >= 0.6 is 24.2 Å². The third-order valence-corrected chi connectivity index (χ3v) is 2.02.